The Balaban J connectivity index is 1.41. The van der Waals surface area contributed by atoms with Crippen molar-refractivity contribution in [1.29, 1.82) is 0 Å². The highest BCUT2D eigenvalue weighted by Crippen LogP contribution is 2.51. The van der Waals surface area contributed by atoms with Gasteiger partial charge in [0.25, 0.3) is 17.4 Å². The van der Waals surface area contributed by atoms with Crippen LogP contribution in [0.2, 0.25) is 0 Å². The molecule has 4 aliphatic rings. The monoisotopic (exact) mass is 367 g/mol. The van der Waals surface area contributed by atoms with Crippen LogP contribution in [0.4, 0.5) is 0 Å². The van der Waals surface area contributed by atoms with E-state index in [4.69, 9.17) is 0 Å². The minimum Gasteiger partial charge on any atom is -0.337 e. The van der Waals surface area contributed by atoms with Crippen LogP contribution in [0.5, 0.6) is 0 Å². The average molecular weight is 367 g/mol. The van der Waals surface area contributed by atoms with E-state index in [1.54, 1.807) is 0 Å². The molecule has 1 N–H and O–H groups in total. The second kappa shape index (κ2) is 6.04. The summed E-state index contributed by atoms with van der Waals surface area (Å²) in [6, 6.07) is 3.23. The third-order valence-electron chi connectivity index (χ3n) is 6.85. The molecule has 142 valence electrons. The standard InChI is InChI=1S/C20H25N5O2/c1-11-7-12(2)22-20(21-11)25-18(26)8-17(23-25)19(27)24-9-15-13-3-4-14(6-5-13)16(15)10-24/h7-8,13-16,23H,3-6,9-10H2,1-2H3. The molecule has 1 amide bonds. The first-order valence-corrected chi connectivity index (χ1v) is 9.93. The zero-order chi connectivity index (χ0) is 18.7. The van der Waals surface area contributed by atoms with Crippen LogP contribution in [0, 0.1) is 37.5 Å². The second-order valence-electron chi connectivity index (χ2n) is 8.51. The predicted molar refractivity (Wildman–Crippen MR) is 99.8 cm³/mol. The minimum absolute atomic E-state index is 0.0796. The van der Waals surface area contributed by atoms with Crippen molar-refractivity contribution in [1.82, 2.24) is 24.6 Å². The van der Waals surface area contributed by atoms with Gasteiger partial charge in [-0.05, 0) is 69.3 Å². The van der Waals surface area contributed by atoms with Crippen molar-refractivity contribution < 1.29 is 4.79 Å². The zero-order valence-corrected chi connectivity index (χ0v) is 15.8. The third kappa shape index (κ3) is 2.71. The predicted octanol–water partition coefficient (Wildman–Crippen LogP) is 2.08. The number of H-pyrrole nitrogens is 1. The van der Waals surface area contributed by atoms with E-state index < -0.39 is 0 Å². The summed E-state index contributed by atoms with van der Waals surface area (Å²) in [4.78, 5) is 36.1. The Kier molecular flexibility index (Phi) is 3.74. The van der Waals surface area contributed by atoms with Crippen molar-refractivity contribution >= 4 is 5.91 Å². The maximum absolute atomic E-state index is 13.1. The first kappa shape index (κ1) is 16.7. The van der Waals surface area contributed by atoms with Gasteiger partial charge in [0.05, 0.1) is 0 Å². The van der Waals surface area contributed by atoms with Gasteiger partial charge in [-0.2, -0.15) is 4.68 Å². The first-order chi connectivity index (χ1) is 13.0. The van der Waals surface area contributed by atoms with E-state index in [9.17, 15) is 9.59 Å². The molecule has 4 fully saturated rings. The normalized spacial score (nSPS) is 29.2. The molecule has 0 radical (unpaired) electrons. The summed E-state index contributed by atoms with van der Waals surface area (Å²) in [5, 5.41) is 2.94. The molecule has 27 heavy (non-hydrogen) atoms. The van der Waals surface area contributed by atoms with Crippen LogP contribution in [-0.2, 0) is 0 Å². The highest BCUT2D eigenvalue weighted by atomic mass is 16.2. The summed E-state index contributed by atoms with van der Waals surface area (Å²) in [5.41, 5.74) is 1.59. The summed E-state index contributed by atoms with van der Waals surface area (Å²) in [6.07, 6.45) is 5.30. The Morgan fingerprint density at radius 2 is 1.56 bits per heavy atom. The molecule has 1 saturated heterocycles. The number of fused-ring (bicyclic) bond motifs is 2. The maximum atomic E-state index is 13.1. The van der Waals surface area contributed by atoms with Crippen molar-refractivity contribution in [3.63, 3.8) is 0 Å². The lowest BCUT2D eigenvalue weighted by atomic mass is 9.60. The summed E-state index contributed by atoms with van der Waals surface area (Å²) in [7, 11) is 0. The van der Waals surface area contributed by atoms with Crippen molar-refractivity contribution in [2.45, 2.75) is 39.5 Å². The Hall–Kier alpha value is -2.44. The fourth-order valence-electron chi connectivity index (χ4n) is 5.65. The lowest BCUT2D eigenvalue weighted by Gasteiger charge is -2.44. The molecule has 3 aliphatic carbocycles. The SMILES string of the molecule is Cc1cc(C)nc(-n2[nH]c(C(=O)N3CC4C5CCC(CC5)C4C3)cc2=O)n1. The molecule has 2 unspecified atom stereocenters. The van der Waals surface area contributed by atoms with Crippen LogP contribution in [0.25, 0.3) is 5.95 Å². The Morgan fingerprint density at radius 3 is 2.11 bits per heavy atom. The van der Waals surface area contributed by atoms with Gasteiger partial charge >= 0.3 is 0 Å². The third-order valence-corrected chi connectivity index (χ3v) is 6.85. The van der Waals surface area contributed by atoms with Gasteiger partial charge in [-0.25, -0.2) is 9.97 Å². The van der Waals surface area contributed by atoms with Gasteiger partial charge in [-0.3, -0.25) is 14.7 Å². The van der Waals surface area contributed by atoms with E-state index in [0.717, 1.165) is 36.3 Å². The maximum Gasteiger partial charge on any atom is 0.274 e. The second-order valence-corrected chi connectivity index (χ2v) is 8.51. The molecule has 2 aromatic rings. The van der Waals surface area contributed by atoms with Crippen molar-refractivity contribution in [2.75, 3.05) is 13.1 Å². The molecule has 3 heterocycles. The molecular weight excluding hydrogens is 342 g/mol. The molecule has 3 saturated carbocycles. The van der Waals surface area contributed by atoms with Gasteiger partial charge in [0.2, 0.25) is 0 Å². The number of amides is 1. The van der Waals surface area contributed by atoms with Gasteiger partial charge in [-0.15, -0.1) is 0 Å². The minimum atomic E-state index is -0.306. The summed E-state index contributed by atoms with van der Waals surface area (Å²) >= 11 is 0. The summed E-state index contributed by atoms with van der Waals surface area (Å²) in [6.45, 7) is 5.38. The smallest absolute Gasteiger partial charge is 0.274 e. The van der Waals surface area contributed by atoms with E-state index in [0.29, 0.717) is 17.5 Å². The van der Waals surface area contributed by atoms with Crippen LogP contribution in [0.1, 0.15) is 47.6 Å². The number of carbonyl (C=O) groups excluding carboxylic acids is 1. The van der Waals surface area contributed by atoms with E-state index in [-0.39, 0.29) is 17.4 Å². The van der Waals surface area contributed by atoms with E-state index in [2.05, 4.69) is 15.1 Å². The number of hydrogen-bond acceptors (Lipinski definition) is 4. The van der Waals surface area contributed by atoms with Crippen molar-refractivity contribution in [3.8, 4) is 5.95 Å². The number of likely N-dealkylation sites (tertiary alicyclic amines) is 1. The van der Waals surface area contributed by atoms with E-state index in [1.807, 2.05) is 24.8 Å². The largest absolute Gasteiger partial charge is 0.337 e. The van der Waals surface area contributed by atoms with Gasteiger partial charge in [0.15, 0.2) is 0 Å². The highest BCUT2D eigenvalue weighted by molar-refractivity contribution is 5.92. The number of aromatic amines is 1. The van der Waals surface area contributed by atoms with Crippen molar-refractivity contribution in [3.05, 3.63) is 39.6 Å². The van der Waals surface area contributed by atoms with Crippen LogP contribution in [0.15, 0.2) is 16.9 Å². The van der Waals surface area contributed by atoms with Crippen LogP contribution >= 0.6 is 0 Å². The van der Waals surface area contributed by atoms with Gasteiger partial charge in [-0.1, -0.05) is 0 Å². The molecule has 0 aromatic carbocycles. The highest BCUT2D eigenvalue weighted by Gasteiger charge is 2.49. The summed E-state index contributed by atoms with van der Waals surface area (Å²) < 4.78 is 1.26. The van der Waals surface area contributed by atoms with Gasteiger partial charge < -0.3 is 4.90 Å². The first-order valence-electron chi connectivity index (χ1n) is 9.93. The molecule has 2 bridgehead atoms. The number of carbonyl (C=O) groups is 1. The van der Waals surface area contributed by atoms with Gasteiger partial charge in [0, 0.05) is 30.5 Å². The Morgan fingerprint density at radius 1 is 1.00 bits per heavy atom. The molecule has 6 rings (SSSR count). The zero-order valence-electron chi connectivity index (χ0n) is 15.8. The van der Waals surface area contributed by atoms with Crippen LogP contribution < -0.4 is 5.56 Å². The van der Waals surface area contributed by atoms with Crippen LogP contribution in [-0.4, -0.2) is 43.6 Å². The van der Waals surface area contributed by atoms with Crippen molar-refractivity contribution in [2.24, 2.45) is 23.7 Å². The fraction of sp³-hybridized carbons (Fsp3) is 0.600. The number of hydrogen-bond donors (Lipinski definition) is 1. The molecule has 1 aliphatic heterocycles. The van der Waals surface area contributed by atoms with Crippen LogP contribution in [0.3, 0.4) is 0 Å². The number of aryl methyl sites for hydroxylation is 2. The topological polar surface area (TPSA) is 83.9 Å². The molecule has 2 atom stereocenters. The number of nitrogens with one attached hydrogen (secondary N) is 1. The van der Waals surface area contributed by atoms with Gasteiger partial charge in [0.1, 0.15) is 5.69 Å². The fourth-order valence-corrected chi connectivity index (χ4v) is 5.65. The quantitative estimate of drug-likeness (QED) is 0.881. The molecule has 7 nitrogen and oxygen atoms in total. The Labute approximate surface area is 157 Å². The lowest BCUT2D eigenvalue weighted by molar-refractivity contribution is 0.0577. The number of rotatable bonds is 2. The van der Waals surface area contributed by atoms with E-state index >= 15 is 0 Å². The average Bonchev–Trinajstić information content (AvgIpc) is 3.26. The molecule has 2 aromatic heterocycles. The Bertz CT molecular complexity index is 913. The molecule has 7 heteroatoms. The number of nitrogens with zero attached hydrogens (tertiary/aromatic N) is 4. The molecular formula is C20H25N5O2. The lowest BCUT2D eigenvalue weighted by Crippen LogP contribution is -2.38. The molecule has 0 spiro atoms. The van der Waals surface area contributed by atoms with E-state index in [1.165, 1.54) is 36.4 Å². The number of aromatic nitrogens is 4. The summed E-state index contributed by atoms with van der Waals surface area (Å²) in [5.74, 6) is 3.07.